The molecule has 232 valence electrons. The number of rotatable bonds is 11. The van der Waals surface area contributed by atoms with Crippen LogP contribution in [0.15, 0.2) is 55.1 Å². The molecular formula is C31H34F3N7O3. The number of methoxy groups -OCH3 is 2. The number of halogens is 3. The Morgan fingerprint density at radius 3 is 2.55 bits per heavy atom. The van der Waals surface area contributed by atoms with Crippen molar-refractivity contribution in [3.05, 3.63) is 77.5 Å². The Labute approximate surface area is 253 Å². The third-order valence-corrected chi connectivity index (χ3v) is 7.63. The average molecular weight is 610 g/mol. The third kappa shape index (κ3) is 7.22. The summed E-state index contributed by atoms with van der Waals surface area (Å²) in [5.41, 5.74) is 3.17. The molecule has 0 N–H and O–H groups in total. The maximum Gasteiger partial charge on any atom is 0.419 e. The van der Waals surface area contributed by atoms with Crippen molar-refractivity contribution in [2.45, 2.75) is 25.9 Å². The van der Waals surface area contributed by atoms with E-state index in [2.05, 4.69) is 30.1 Å². The Morgan fingerprint density at radius 2 is 1.82 bits per heavy atom. The van der Waals surface area contributed by atoms with Gasteiger partial charge in [0.1, 0.15) is 11.4 Å². The van der Waals surface area contributed by atoms with E-state index in [-0.39, 0.29) is 17.7 Å². The van der Waals surface area contributed by atoms with Gasteiger partial charge in [0.15, 0.2) is 5.78 Å². The molecule has 44 heavy (non-hydrogen) atoms. The van der Waals surface area contributed by atoms with E-state index in [1.54, 1.807) is 37.2 Å². The molecule has 1 aliphatic rings. The number of aromatic nitrogens is 5. The van der Waals surface area contributed by atoms with Gasteiger partial charge in [0.25, 0.3) is 0 Å². The summed E-state index contributed by atoms with van der Waals surface area (Å²) < 4.78 is 52.0. The molecule has 0 unspecified atom stereocenters. The van der Waals surface area contributed by atoms with Gasteiger partial charge < -0.3 is 14.4 Å². The summed E-state index contributed by atoms with van der Waals surface area (Å²) in [5, 5.41) is 8.64. The molecule has 0 saturated carbocycles. The van der Waals surface area contributed by atoms with Crippen LogP contribution in [0.4, 0.5) is 18.9 Å². The molecule has 5 rings (SSSR count). The summed E-state index contributed by atoms with van der Waals surface area (Å²) in [7, 11) is 2.88. The first-order chi connectivity index (χ1) is 21.2. The predicted octanol–water partition coefficient (Wildman–Crippen LogP) is 4.64. The van der Waals surface area contributed by atoms with E-state index in [0.29, 0.717) is 22.6 Å². The molecule has 1 saturated heterocycles. The first kappa shape index (κ1) is 31.1. The molecule has 0 radical (unpaired) electrons. The van der Waals surface area contributed by atoms with E-state index in [1.807, 2.05) is 12.3 Å². The summed E-state index contributed by atoms with van der Waals surface area (Å²) in [6.07, 6.45) is 3.11. The molecule has 0 spiro atoms. The number of pyridine rings is 2. The smallest absolute Gasteiger partial charge is 0.419 e. The van der Waals surface area contributed by atoms with Crippen LogP contribution < -0.4 is 9.64 Å². The Kier molecular flexibility index (Phi) is 9.55. The molecule has 0 aliphatic carbocycles. The Balaban J connectivity index is 1.29. The molecule has 0 atom stereocenters. The fraction of sp³-hybridized carbons (Fsp3) is 0.387. The van der Waals surface area contributed by atoms with E-state index in [1.165, 1.54) is 12.3 Å². The minimum absolute atomic E-state index is 0.0665. The van der Waals surface area contributed by atoms with Crippen molar-refractivity contribution in [2.24, 2.45) is 0 Å². The third-order valence-electron chi connectivity index (χ3n) is 7.63. The molecule has 0 bridgehead atoms. The number of benzene rings is 1. The van der Waals surface area contributed by atoms with Crippen LogP contribution in [0, 0.1) is 6.92 Å². The van der Waals surface area contributed by atoms with E-state index < -0.39 is 17.5 Å². The standard InChI is InChI=1S/C31H34F3N7O3/c1-21-28(13-22(17-36-21)14-29(42)23-5-6-30(44-3)26(16-23)31(32,33)34)41-20-27(37-38-41)24-15-25(19-35-18-24)40-10-8-39(9-11-40)7-4-12-43-2/h5-6,13,15-20H,4,7-12,14H2,1-3H3. The van der Waals surface area contributed by atoms with Crippen LogP contribution in [0.1, 0.15) is 33.6 Å². The lowest BCUT2D eigenvalue weighted by atomic mass is 10.0. The van der Waals surface area contributed by atoms with Crippen molar-refractivity contribution in [3.8, 4) is 22.7 Å². The van der Waals surface area contributed by atoms with Crippen LogP contribution in [0.3, 0.4) is 0 Å². The maximum atomic E-state index is 13.5. The molecule has 1 aliphatic heterocycles. The normalized spacial score (nSPS) is 14.2. The maximum absolute atomic E-state index is 13.5. The molecule has 4 heterocycles. The monoisotopic (exact) mass is 609 g/mol. The zero-order valence-electron chi connectivity index (χ0n) is 24.8. The van der Waals surface area contributed by atoms with E-state index in [9.17, 15) is 18.0 Å². The molecule has 1 fully saturated rings. The van der Waals surface area contributed by atoms with Crippen molar-refractivity contribution < 1.29 is 27.4 Å². The molecule has 0 amide bonds. The topological polar surface area (TPSA) is 98.5 Å². The number of carbonyl (C=O) groups is 1. The predicted molar refractivity (Wildman–Crippen MR) is 158 cm³/mol. The van der Waals surface area contributed by atoms with Crippen LogP contribution in [0.25, 0.3) is 16.9 Å². The van der Waals surface area contributed by atoms with Crippen LogP contribution in [-0.4, -0.2) is 89.2 Å². The molecule has 1 aromatic carbocycles. The number of ketones is 1. The number of nitrogens with zero attached hydrogens (tertiary/aromatic N) is 7. The van der Waals surface area contributed by atoms with Gasteiger partial charge in [-0.05, 0) is 49.2 Å². The SMILES string of the molecule is COCCCN1CCN(c2cncc(-c3cn(-c4cc(CC(=O)c5ccc(OC)c(C(F)(F)F)c5)cnc4C)nn3)c2)CC1. The van der Waals surface area contributed by atoms with Gasteiger partial charge in [-0.15, -0.1) is 5.10 Å². The molecular weight excluding hydrogens is 575 g/mol. The van der Waals surface area contributed by atoms with Gasteiger partial charge in [-0.3, -0.25) is 19.7 Å². The number of ether oxygens (including phenoxy) is 2. The van der Waals surface area contributed by atoms with Gasteiger partial charge in [0, 0.05) is 76.4 Å². The lowest BCUT2D eigenvalue weighted by Gasteiger charge is -2.36. The second-order valence-electron chi connectivity index (χ2n) is 10.6. The van der Waals surface area contributed by atoms with E-state index in [4.69, 9.17) is 9.47 Å². The van der Waals surface area contributed by atoms with Gasteiger partial charge in [-0.1, -0.05) is 5.21 Å². The number of hydrogen-bond donors (Lipinski definition) is 0. The minimum Gasteiger partial charge on any atom is -0.496 e. The Bertz CT molecular complexity index is 1600. The van der Waals surface area contributed by atoms with Crippen LogP contribution in [-0.2, 0) is 17.3 Å². The molecule has 10 nitrogen and oxygen atoms in total. The number of aryl methyl sites for hydroxylation is 1. The lowest BCUT2D eigenvalue weighted by molar-refractivity contribution is -0.138. The molecule has 3 aromatic heterocycles. The summed E-state index contributed by atoms with van der Waals surface area (Å²) in [6.45, 7) is 7.32. The summed E-state index contributed by atoms with van der Waals surface area (Å²) in [5.74, 6) is -0.819. The van der Waals surface area contributed by atoms with Gasteiger partial charge in [0.2, 0.25) is 0 Å². The highest BCUT2D eigenvalue weighted by atomic mass is 19.4. The highest BCUT2D eigenvalue weighted by Gasteiger charge is 2.35. The van der Waals surface area contributed by atoms with Crippen molar-refractivity contribution in [1.29, 1.82) is 0 Å². The number of alkyl halides is 3. The van der Waals surface area contributed by atoms with Gasteiger partial charge >= 0.3 is 6.18 Å². The van der Waals surface area contributed by atoms with Gasteiger partial charge in [0.05, 0.1) is 42.1 Å². The average Bonchev–Trinajstić information content (AvgIpc) is 3.52. The van der Waals surface area contributed by atoms with Crippen molar-refractivity contribution in [3.63, 3.8) is 0 Å². The van der Waals surface area contributed by atoms with Crippen LogP contribution in [0.2, 0.25) is 0 Å². The summed E-state index contributed by atoms with van der Waals surface area (Å²) in [4.78, 5) is 26.6. The zero-order valence-corrected chi connectivity index (χ0v) is 24.8. The van der Waals surface area contributed by atoms with Crippen LogP contribution in [0.5, 0.6) is 5.75 Å². The first-order valence-electron chi connectivity index (χ1n) is 14.2. The lowest BCUT2D eigenvalue weighted by Crippen LogP contribution is -2.46. The van der Waals surface area contributed by atoms with Crippen molar-refractivity contribution in [2.75, 3.05) is 58.5 Å². The molecule has 4 aromatic rings. The van der Waals surface area contributed by atoms with Gasteiger partial charge in [-0.25, -0.2) is 4.68 Å². The van der Waals surface area contributed by atoms with Crippen molar-refractivity contribution in [1.82, 2.24) is 29.9 Å². The molecule has 13 heteroatoms. The fourth-order valence-electron chi connectivity index (χ4n) is 5.20. The number of anilines is 1. The highest BCUT2D eigenvalue weighted by molar-refractivity contribution is 5.98. The second-order valence-corrected chi connectivity index (χ2v) is 10.6. The van der Waals surface area contributed by atoms with Crippen LogP contribution >= 0.6 is 0 Å². The largest absolute Gasteiger partial charge is 0.496 e. The number of carbonyl (C=O) groups excluding carboxylic acids is 1. The number of piperazine rings is 1. The Morgan fingerprint density at radius 1 is 1.02 bits per heavy atom. The zero-order chi connectivity index (χ0) is 31.3. The quantitative estimate of drug-likeness (QED) is 0.178. The second kappa shape index (κ2) is 13.5. The fourth-order valence-corrected chi connectivity index (χ4v) is 5.20. The Hall–Kier alpha value is -4.36. The summed E-state index contributed by atoms with van der Waals surface area (Å²) in [6, 6.07) is 7.09. The van der Waals surface area contributed by atoms with E-state index in [0.717, 1.165) is 76.2 Å². The number of Topliss-reactive ketones (excluding diaryl/α,β-unsaturated/α-hetero) is 1. The first-order valence-corrected chi connectivity index (χ1v) is 14.2. The highest BCUT2D eigenvalue weighted by Crippen LogP contribution is 2.37. The van der Waals surface area contributed by atoms with E-state index >= 15 is 0 Å². The van der Waals surface area contributed by atoms with Crippen molar-refractivity contribution >= 4 is 11.5 Å². The summed E-state index contributed by atoms with van der Waals surface area (Å²) >= 11 is 0. The van der Waals surface area contributed by atoms with Gasteiger partial charge in [-0.2, -0.15) is 13.2 Å². The number of hydrogen-bond acceptors (Lipinski definition) is 9. The minimum atomic E-state index is -4.65.